The van der Waals surface area contributed by atoms with E-state index in [1.165, 1.54) is 52.7 Å². The summed E-state index contributed by atoms with van der Waals surface area (Å²) in [5.41, 5.74) is -0.717. The Morgan fingerprint density at radius 2 is 1.29 bits per heavy atom. The number of ether oxygens (including phenoxy) is 2. The normalized spacial score (nSPS) is 15.7. The lowest BCUT2D eigenvalue weighted by atomic mass is 9.84. The second-order valence-corrected chi connectivity index (χ2v) is 24.7. The highest BCUT2D eigenvalue weighted by atomic mass is 28.3. The number of likely N-dealkylation sites (N-methyl/N-ethyl adjacent to an activating group) is 5. The molecule has 0 aliphatic heterocycles. The third-order valence-electron chi connectivity index (χ3n) is 10.7. The lowest BCUT2D eigenvalue weighted by Crippen LogP contribution is -2.57. The van der Waals surface area contributed by atoms with Crippen LogP contribution in [0.1, 0.15) is 99.8 Å². The van der Waals surface area contributed by atoms with Crippen molar-refractivity contribution in [2.75, 3.05) is 61.5 Å². The predicted molar refractivity (Wildman–Crippen MR) is 228 cm³/mol. The average Bonchev–Trinajstić information content (AvgIpc) is 3.12. The maximum absolute atomic E-state index is 13.9. The summed E-state index contributed by atoms with van der Waals surface area (Å²) < 4.78 is 10.9. The van der Waals surface area contributed by atoms with Crippen LogP contribution in [0.5, 0.6) is 0 Å². The fourth-order valence-corrected chi connectivity index (χ4v) is 7.49. The van der Waals surface area contributed by atoms with Gasteiger partial charge in [-0.3, -0.25) is 33.7 Å². The predicted octanol–water partition coefficient (Wildman–Crippen LogP) is 4.85. The Bertz CT molecular complexity index is 1390. The first-order valence-electron chi connectivity index (χ1n) is 21.1. The molecule has 1 saturated carbocycles. The molecular formula is C42H78N6O9Si. The summed E-state index contributed by atoms with van der Waals surface area (Å²) >= 11 is 0. The first kappa shape index (κ1) is 52.3. The van der Waals surface area contributed by atoms with Crippen LogP contribution in [-0.4, -0.2) is 159 Å². The summed E-state index contributed by atoms with van der Waals surface area (Å²) in [5.74, 6) is -2.89. The van der Waals surface area contributed by atoms with Crippen molar-refractivity contribution in [1.29, 1.82) is 0 Å². The number of carbonyl (C=O) groups excluding carboxylic acids is 7. The number of hydrogen-bond donors (Lipinski definition) is 1. The van der Waals surface area contributed by atoms with E-state index in [2.05, 4.69) is 25.0 Å². The molecule has 1 N–H and O–H groups in total. The van der Waals surface area contributed by atoms with Gasteiger partial charge in [0.25, 0.3) is 0 Å². The van der Waals surface area contributed by atoms with Crippen molar-refractivity contribution >= 4 is 49.7 Å². The Morgan fingerprint density at radius 3 is 1.81 bits per heavy atom. The van der Waals surface area contributed by atoms with Crippen LogP contribution in [0.4, 0.5) is 4.79 Å². The molecule has 58 heavy (non-hydrogen) atoms. The molecule has 334 valence electrons. The molecule has 0 radical (unpaired) electrons. The van der Waals surface area contributed by atoms with Crippen LogP contribution >= 0.6 is 0 Å². The second kappa shape index (κ2) is 23.8. The molecule has 4 unspecified atom stereocenters. The molecule has 0 aromatic rings. The zero-order chi connectivity index (χ0) is 44.7. The van der Waals surface area contributed by atoms with Crippen molar-refractivity contribution < 1.29 is 43.0 Å². The van der Waals surface area contributed by atoms with Crippen LogP contribution in [-0.2, 0) is 38.2 Å². The first-order chi connectivity index (χ1) is 26.7. The Labute approximate surface area is 350 Å². The van der Waals surface area contributed by atoms with E-state index in [1.807, 2.05) is 27.7 Å². The highest BCUT2D eigenvalue weighted by molar-refractivity contribution is 6.76. The van der Waals surface area contributed by atoms with Gasteiger partial charge in [0.05, 0.1) is 19.7 Å². The van der Waals surface area contributed by atoms with Crippen LogP contribution in [0.25, 0.3) is 0 Å². The van der Waals surface area contributed by atoms with E-state index in [-0.39, 0.29) is 49.9 Å². The molecule has 0 saturated heterocycles. The van der Waals surface area contributed by atoms with Gasteiger partial charge in [-0.15, -0.1) is 0 Å². The van der Waals surface area contributed by atoms with Crippen LogP contribution in [0.15, 0.2) is 0 Å². The number of nitrogens with one attached hydrogen (secondary N) is 1. The fourth-order valence-electron chi connectivity index (χ4n) is 6.77. The van der Waals surface area contributed by atoms with Crippen molar-refractivity contribution in [2.45, 2.75) is 149 Å². The van der Waals surface area contributed by atoms with Crippen molar-refractivity contribution in [1.82, 2.24) is 29.8 Å². The molecule has 16 heteroatoms. The lowest BCUT2D eigenvalue weighted by Gasteiger charge is -2.35. The standard InChI is InChI=1S/C42H78N6O9Si/c1-16-30(4)37(43-38(52)32(24-29(2)3)48(12)41(55)56-22-23-58(13,14)15)40(54)45(9)26-34(49)44(8)27-35(50)47(11)33(25-31-20-18-17-19-21-31)39(53)46(10)28-36(51)57-42(5,6)7/h29-33,37H,16-28H2,1-15H3,(H,43,52). The maximum Gasteiger partial charge on any atom is 0.410 e. The molecule has 1 aliphatic carbocycles. The van der Waals surface area contributed by atoms with Crippen LogP contribution in [0.3, 0.4) is 0 Å². The summed E-state index contributed by atoms with van der Waals surface area (Å²) in [6.07, 6.45) is 5.84. The maximum atomic E-state index is 13.9. The molecule has 0 bridgehead atoms. The molecule has 0 heterocycles. The first-order valence-corrected chi connectivity index (χ1v) is 24.8. The van der Waals surface area contributed by atoms with E-state index in [4.69, 9.17) is 9.47 Å². The van der Waals surface area contributed by atoms with Crippen molar-refractivity contribution in [3.05, 3.63) is 0 Å². The summed E-state index contributed by atoms with van der Waals surface area (Å²) in [7, 11) is 6.07. The fraction of sp³-hybridized carbons (Fsp3) is 0.833. The molecule has 0 aromatic heterocycles. The topological polar surface area (TPSA) is 166 Å². The Balaban J connectivity index is 3.10. The third kappa shape index (κ3) is 18.5. The average molecular weight is 839 g/mol. The quantitative estimate of drug-likeness (QED) is 0.126. The van der Waals surface area contributed by atoms with Gasteiger partial charge in [-0.2, -0.15) is 0 Å². The molecule has 1 rings (SSSR count). The zero-order valence-electron chi connectivity index (χ0n) is 38.6. The smallest absolute Gasteiger partial charge is 0.410 e. The van der Waals surface area contributed by atoms with E-state index < -0.39 is 67.5 Å². The molecule has 0 aromatic carbocycles. The number of amides is 6. The summed E-state index contributed by atoms with van der Waals surface area (Å²) in [5, 5.41) is 2.88. The molecule has 1 fully saturated rings. The van der Waals surface area contributed by atoms with E-state index in [1.54, 1.807) is 27.8 Å². The van der Waals surface area contributed by atoms with Crippen LogP contribution in [0.2, 0.25) is 25.7 Å². The Hall–Kier alpha value is -3.69. The van der Waals surface area contributed by atoms with Gasteiger partial charge < -0.3 is 34.4 Å². The Morgan fingerprint density at radius 1 is 0.741 bits per heavy atom. The highest BCUT2D eigenvalue weighted by Gasteiger charge is 2.37. The van der Waals surface area contributed by atoms with Gasteiger partial charge in [-0.05, 0) is 57.4 Å². The summed E-state index contributed by atoms with van der Waals surface area (Å²) in [6.45, 7) is 18.7. The lowest BCUT2D eigenvalue weighted by molar-refractivity contribution is -0.159. The second-order valence-electron chi connectivity index (χ2n) is 19.0. The molecule has 4 atom stereocenters. The summed E-state index contributed by atoms with van der Waals surface area (Å²) in [4.78, 5) is 101. The van der Waals surface area contributed by atoms with Gasteiger partial charge in [0.15, 0.2) is 0 Å². The van der Waals surface area contributed by atoms with Gasteiger partial charge in [-0.25, -0.2) is 4.79 Å². The van der Waals surface area contributed by atoms with Gasteiger partial charge >= 0.3 is 12.1 Å². The molecule has 0 spiro atoms. The number of carbonyl (C=O) groups is 7. The minimum atomic E-state index is -1.45. The summed E-state index contributed by atoms with van der Waals surface area (Å²) in [6, 6.07) is -1.92. The molecular weight excluding hydrogens is 761 g/mol. The third-order valence-corrected chi connectivity index (χ3v) is 12.4. The Kier molecular flexibility index (Phi) is 21.5. The van der Waals surface area contributed by atoms with Gasteiger partial charge in [0.1, 0.15) is 30.3 Å². The number of nitrogens with zero attached hydrogens (tertiary/aromatic N) is 5. The minimum Gasteiger partial charge on any atom is -0.459 e. The monoisotopic (exact) mass is 839 g/mol. The highest BCUT2D eigenvalue weighted by Crippen LogP contribution is 2.29. The van der Waals surface area contributed by atoms with Gasteiger partial charge in [0, 0.05) is 43.3 Å². The van der Waals surface area contributed by atoms with Crippen molar-refractivity contribution in [2.24, 2.45) is 17.8 Å². The number of hydrogen-bond acceptors (Lipinski definition) is 9. The van der Waals surface area contributed by atoms with Crippen molar-refractivity contribution in [3.63, 3.8) is 0 Å². The van der Waals surface area contributed by atoms with E-state index in [0.717, 1.165) is 38.1 Å². The van der Waals surface area contributed by atoms with Crippen molar-refractivity contribution in [3.8, 4) is 0 Å². The molecule has 15 nitrogen and oxygen atoms in total. The molecule has 6 amide bonds. The largest absolute Gasteiger partial charge is 0.459 e. The van der Waals surface area contributed by atoms with E-state index in [0.29, 0.717) is 19.3 Å². The van der Waals surface area contributed by atoms with Gasteiger partial charge in [0.2, 0.25) is 29.5 Å². The van der Waals surface area contributed by atoms with Crippen LogP contribution < -0.4 is 5.32 Å². The van der Waals surface area contributed by atoms with E-state index >= 15 is 0 Å². The minimum absolute atomic E-state index is 0.0575. The number of rotatable bonds is 21. The SMILES string of the molecule is CCC(C)C(NC(=O)C(CC(C)C)N(C)C(=O)OCC[Si](C)(C)C)C(=O)N(C)CC(=O)N(C)CC(=O)N(C)C(CC1CCCCC1)C(=O)N(C)CC(=O)OC(C)(C)C. The molecule has 1 aliphatic rings. The zero-order valence-corrected chi connectivity index (χ0v) is 39.6. The van der Waals surface area contributed by atoms with E-state index in [9.17, 15) is 33.6 Å². The number of esters is 1. The van der Waals surface area contributed by atoms with Crippen LogP contribution in [0, 0.1) is 17.8 Å². The van der Waals surface area contributed by atoms with Gasteiger partial charge in [-0.1, -0.05) is 85.9 Å².